The van der Waals surface area contributed by atoms with Gasteiger partial charge in [-0.3, -0.25) is 0 Å². The molecule has 0 amide bonds. The van der Waals surface area contributed by atoms with Crippen molar-refractivity contribution < 1.29 is 0 Å². The summed E-state index contributed by atoms with van der Waals surface area (Å²) < 4.78 is 1.69. The van der Waals surface area contributed by atoms with E-state index in [2.05, 4.69) is 46.0 Å². The number of hydrogen-bond acceptors (Lipinski definition) is 5. The van der Waals surface area contributed by atoms with Crippen LogP contribution in [0.25, 0.3) is 5.69 Å². The lowest BCUT2D eigenvalue weighted by Gasteiger charge is -2.28. The van der Waals surface area contributed by atoms with E-state index in [4.69, 9.17) is 5.73 Å². The molecule has 0 saturated heterocycles. The predicted molar refractivity (Wildman–Crippen MR) is 77.7 cm³/mol. The summed E-state index contributed by atoms with van der Waals surface area (Å²) in [5, 5.41) is 14.9. The van der Waals surface area contributed by atoms with E-state index in [1.807, 2.05) is 0 Å². The van der Waals surface area contributed by atoms with E-state index in [0.717, 1.165) is 29.8 Å². The molecule has 6 heteroatoms. The minimum absolute atomic E-state index is 0.325. The number of aromatic nitrogens is 4. The number of anilines is 1. The number of nitrogens with two attached hydrogens (primary N) is 1. The molecule has 0 radical (unpaired) electrons. The fourth-order valence-electron chi connectivity index (χ4n) is 2.81. The third-order valence-corrected chi connectivity index (χ3v) is 3.89. The maximum atomic E-state index is 6.04. The van der Waals surface area contributed by atoms with Gasteiger partial charge >= 0.3 is 0 Å². The van der Waals surface area contributed by atoms with Crippen LogP contribution in [0.4, 0.5) is 5.69 Å². The Morgan fingerprint density at radius 2 is 2.25 bits per heavy atom. The molecule has 0 bridgehead atoms. The second kappa shape index (κ2) is 5.58. The Morgan fingerprint density at radius 3 is 3.00 bits per heavy atom. The maximum absolute atomic E-state index is 6.04. The zero-order valence-corrected chi connectivity index (χ0v) is 11.7. The zero-order valence-electron chi connectivity index (χ0n) is 11.7. The summed E-state index contributed by atoms with van der Waals surface area (Å²) in [5.41, 5.74) is 9.28. The van der Waals surface area contributed by atoms with E-state index in [0.29, 0.717) is 12.1 Å². The summed E-state index contributed by atoms with van der Waals surface area (Å²) in [6.07, 6.45) is 6.17. The summed E-state index contributed by atoms with van der Waals surface area (Å²) in [6, 6.07) is 7.06. The first-order valence-electron chi connectivity index (χ1n) is 7.08. The Balaban J connectivity index is 1.79. The molecule has 1 heterocycles. The molecular weight excluding hydrogens is 252 g/mol. The average molecular weight is 272 g/mol. The van der Waals surface area contributed by atoms with Gasteiger partial charge in [0.2, 0.25) is 0 Å². The zero-order chi connectivity index (χ0) is 13.9. The van der Waals surface area contributed by atoms with Crippen LogP contribution < -0.4 is 11.1 Å². The monoisotopic (exact) mass is 272 g/mol. The van der Waals surface area contributed by atoms with Gasteiger partial charge in [-0.2, -0.15) is 0 Å². The molecule has 1 aromatic carbocycles. The minimum atomic E-state index is 0.325. The third-order valence-electron chi connectivity index (χ3n) is 3.89. The van der Waals surface area contributed by atoms with E-state index >= 15 is 0 Å². The highest BCUT2D eigenvalue weighted by atomic mass is 15.5. The highest BCUT2D eigenvalue weighted by Crippen LogP contribution is 2.23. The molecule has 1 aliphatic rings. The van der Waals surface area contributed by atoms with Gasteiger partial charge in [0.25, 0.3) is 0 Å². The number of tetrazole rings is 1. The quantitative estimate of drug-likeness (QED) is 0.888. The fraction of sp³-hybridized carbons (Fsp3) is 0.500. The summed E-state index contributed by atoms with van der Waals surface area (Å²) in [6.45, 7) is 2.05. The van der Waals surface area contributed by atoms with E-state index in [1.54, 1.807) is 11.0 Å². The molecule has 1 fully saturated rings. The fourth-order valence-corrected chi connectivity index (χ4v) is 2.81. The van der Waals surface area contributed by atoms with Gasteiger partial charge in [0.1, 0.15) is 6.33 Å². The van der Waals surface area contributed by atoms with Crippen molar-refractivity contribution in [1.82, 2.24) is 20.2 Å². The smallest absolute Gasteiger partial charge is 0.143 e. The standard InChI is InChI=1S/C14H20N6/c1-10-5-6-13(8-14(10)20-9-16-18-19-20)17-12-4-2-3-11(15)7-12/h5-6,8-9,11-12,17H,2-4,7,15H2,1H3. The van der Waals surface area contributed by atoms with Crippen molar-refractivity contribution in [2.24, 2.45) is 5.73 Å². The van der Waals surface area contributed by atoms with Crippen molar-refractivity contribution in [3.8, 4) is 5.69 Å². The molecular formula is C14H20N6. The van der Waals surface area contributed by atoms with Crippen molar-refractivity contribution in [2.45, 2.75) is 44.7 Å². The minimum Gasteiger partial charge on any atom is -0.382 e. The molecule has 3 N–H and O–H groups in total. The third kappa shape index (κ3) is 2.80. The molecule has 2 unspecified atom stereocenters. The Labute approximate surface area is 118 Å². The van der Waals surface area contributed by atoms with Gasteiger partial charge in [-0.25, -0.2) is 4.68 Å². The molecule has 3 rings (SSSR count). The van der Waals surface area contributed by atoms with Crippen molar-refractivity contribution in [1.29, 1.82) is 0 Å². The van der Waals surface area contributed by atoms with Crippen LogP contribution in [0.15, 0.2) is 24.5 Å². The molecule has 2 atom stereocenters. The molecule has 0 spiro atoms. The first-order chi connectivity index (χ1) is 9.72. The number of nitrogens with zero attached hydrogens (tertiary/aromatic N) is 4. The number of hydrogen-bond donors (Lipinski definition) is 2. The van der Waals surface area contributed by atoms with Gasteiger partial charge in [-0.05, 0) is 60.7 Å². The molecule has 1 saturated carbocycles. The Hall–Kier alpha value is -1.95. The van der Waals surface area contributed by atoms with Gasteiger partial charge in [-0.15, -0.1) is 5.10 Å². The van der Waals surface area contributed by atoms with Crippen LogP contribution in [-0.4, -0.2) is 32.3 Å². The van der Waals surface area contributed by atoms with Crippen molar-refractivity contribution in [2.75, 3.05) is 5.32 Å². The van der Waals surface area contributed by atoms with Crippen LogP contribution in [0, 0.1) is 6.92 Å². The Bertz CT molecular complexity index is 565. The molecule has 6 nitrogen and oxygen atoms in total. The lowest BCUT2D eigenvalue weighted by molar-refractivity contribution is 0.409. The Kier molecular flexibility index (Phi) is 3.64. The van der Waals surface area contributed by atoms with Gasteiger partial charge in [-0.1, -0.05) is 6.07 Å². The normalized spacial score (nSPS) is 22.7. The molecule has 1 aromatic heterocycles. The molecule has 20 heavy (non-hydrogen) atoms. The van der Waals surface area contributed by atoms with Crippen LogP contribution in [0.5, 0.6) is 0 Å². The highest BCUT2D eigenvalue weighted by Gasteiger charge is 2.19. The average Bonchev–Trinajstić information content (AvgIpc) is 2.95. The number of rotatable bonds is 3. The SMILES string of the molecule is Cc1ccc(NC2CCCC(N)C2)cc1-n1cnnn1. The van der Waals surface area contributed by atoms with Crippen molar-refractivity contribution in [3.05, 3.63) is 30.1 Å². The molecule has 1 aliphatic carbocycles. The van der Waals surface area contributed by atoms with Crippen LogP contribution in [0.2, 0.25) is 0 Å². The second-order valence-electron chi connectivity index (χ2n) is 5.52. The van der Waals surface area contributed by atoms with Gasteiger partial charge in [0.05, 0.1) is 5.69 Å². The lowest BCUT2D eigenvalue weighted by Crippen LogP contribution is -2.34. The Morgan fingerprint density at radius 1 is 1.35 bits per heavy atom. The first-order valence-corrected chi connectivity index (χ1v) is 7.08. The topological polar surface area (TPSA) is 81.6 Å². The van der Waals surface area contributed by atoms with E-state index < -0.39 is 0 Å². The van der Waals surface area contributed by atoms with E-state index in [9.17, 15) is 0 Å². The van der Waals surface area contributed by atoms with Crippen LogP contribution in [0.3, 0.4) is 0 Å². The van der Waals surface area contributed by atoms with E-state index in [-0.39, 0.29) is 0 Å². The maximum Gasteiger partial charge on any atom is 0.143 e. The summed E-state index contributed by atoms with van der Waals surface area (Å²) >= 11 is 0. The second-order valence-corrected chi connectivity index (χ2v) is 5.52. The number of aryl methyl sites for hydroxylation is 1. The van der Waals surface area contributed by atoms with Crippen molar-refractivity contribution >= 4 is 5.69 Å². The molecule has 2 aromatic rings. The van der Waals surface area contributed by atoms with Crippen LogP contribution in [-0.2, 0) is 0 Å². The predicted octanol–water partition coefficient (Wildman–Crippen LogP) is 1.65. The van der Waals surface area contributed by atoms with Gasteiger partial charge < -0.3 is 11.1 Å². The van der Waals surface area contributed by atoms with Crippen LogP contribution >= 0.6 is 0 Å². The number of benzene rings is 1. The molecule has 0 aliphatic heterocycles. The lowest BCUT2D eigenvalue weighted by atomic mass is 9.91. The number of nitrogens with one attached hydrogen (secondary N) is 1. The summed E-state index contributed by atoms with van der Waals surface area (Å²) in [4.78, 5) is 0. The first kappa shape index (κ1) is 13.1. The van der Waals surface area contributed by atoms with Crippen molar-refractivity contribution in [3.63, 3.8) is 0 Å². The van der Waals surface area contributed by atoms with Gasteiger partial charge in [0, 0.05) is 17.8 Å². The largest absolute Gasteiger partial charge is 0.382 e. The van der Waals surface area contributed by atoms with Gasteiger partial charge in [0.15, 0.2) is 0 Å². The van der Waals surface area contributed by atoms with E-state index in [1.165, 1.54) is 12.8 Å². The van der Waals surface area contributed by atoms with Crippen LogP contribution in [0.1, 0.15) is 31.2 Å². The summed E-state index contributed by atoms with van der Waals surface area (Å²) in [7, 11) is 0. The molecule has 106 valence electrons. The summed E-state index contributed by atoms with van der Waals surface area (Å²) in [5.74, 6) is 0. The highest BCUT2D eigenvalue weighted by molar-refractivity contribution is 5.55.